The minimum absolute atomic E-state index is 0.00477. The van der Waals surface area contributed by atoms with Crippen LogP contribution in [-0.4, -0.2) is 30.9 Å². The standard InChI is InChI=1S/C17H25N3O2S/c1-11-6-4-5-9-20(11)10-14(21)19-17-15(16(18)22)12-7-2-3-8-13(12)23-17/h11H,2-10H2,1H3,(H2,18,22)(H,19,21)/p+1/t11-/m0/s1. The highest BCUT2D eigenvalue weighted by Gasteiger charge is 2.27. The van der Waals surface area contributed by atoms with Crippen molar-refractivity contribution < 1.29 is 14.5 Å². The molecule has 0 spiro atoms. The first-order valence-corrected chi connectivity index (χ1v) is 9.46. The van der Waals surface area contributed by atoms with E-state index < -0.39 is 5.91 Å². The molecule has 6 heteroatoms. The summed E-state index contributed by atoms with van der Waals surface area (Å²) in [6, 6.07) is 0.529. The summed E-state index contributed by atoms with van der Waals surface area (Å²) >= 11 is 1.54. The zero-order valence-electron chi connectivity index (χ0n) is 13.7. The smallest absolute Gasteiger partial charge is 0.280 e. The van der Waals surface area contributed by atoms with Crippen molar-refractivity contribution in [1.29, 1.82) is 0 Å². The Kier molecular flexibility index (Phi) is 5.02. The van der Waals surface area contributed by atoms with E-state index in [4.69, 9.17) is 5.73 Å². The third-order valence-corrected chi connectivity index (χ3v) is 6.35. The SMILES string of the molecule is C[C@H]1CCCC[NH+]1CC(=O)Nc1sc2c(c1C(N)=O)CCCC2. The molecular formula is C17H26N3O2S+. The van der Waals surface area contributed by atoms with Crippen molar-refractivity contribution >= 4 is 28.2 Å². The van der Waals surface area contributed by atoms with Gasteiger partial charge in [-0.05, 0) is 57.4 Å². The Morgan fingerprint density at radius 2 is 2.04 bits per heavy atom. The van der Waals surface area contributed by atoms with Crippen molar-refractivity contribution in [3.8, 4) is 0 Å². The minimum Gasteiger partial charge on any atom is -0.365 e. The quantitative estimate of drug-likeness (QED) is 0.771. The van der Waals surface area contributed by atoms with Crippen LogP contribution in [0, 0.1) is 0 Å². The van der Waals surface area contributed by atoms with Gasteiger partial charge in [0.15, 0.2) is 6.54 Å². The Morgan fingerprint density at radius 3 is 2.78 bits per heavy atom. The van der Waals surface area contributed by atoms with E-state index in [9.17, 15) is 9.59 Å². The van der Waals surface area contributed by atoms with Gasteiger partial charge < -0.3 is 16.0 Å². The average molecular weight is 336 g/mol. The van der Waals surface area contributed by atoms with Crippen LogP contribution in [0.3, 0.4) is 0 Å². The average Bonchev–Trinajstić information content (AvgIpc) is 2.87. The molecule has 1 aromatic heterocycles. The van der Waals surface area contributed by atoms with E-state index in [-0.39, 0.29) is 5.91 Å². The van der Waals surface area contributed by atoms with Crippen LogP contribution >= 0.6 is 11.3 Å². The van der Waals surface area contributed by atoms with Crippen LogP contribution < -0.4 is 16.0 Å². The fourth-order valence-electron chi connectivity index (χ4n) is 3.81. The van der Waals surface area contributed by atoms with Gasteiger partial charge in [-0.3, -0.25) is 9.59 Å². The predicted octanol–water partition coefficient (Wildman–Crippen LogP) is 1.12. The van der Waals surface area contributed by atoms with Gasteiger partial charge in [0.2, 0.25) is 0 Å². The van der Waals surface area contributed by atoms with Gasteiger partial charge in [0.25, 0.3) is 11.8 Å². The highest BCUT2D eigenvalue weighted by molar-refractivity contribution is 7.17. The number of rotatable bonds is 4. The Labute approximate surface area is 141 Å². The van der Waals surface area contributed by atoms with E-state index in [0.717, 1.165) is 37.8 Å². The first-order valence-electron chi connectivity index (χ1n) is 8.65. The summed E-state index contributed by atoms with van der Waals surface area (Å²) in [5.41, 5.74) is 7.20. The molecule has 2 atom stereocenters. The number of nitrogens with two attached hydrogens (primary N) is 1. The van der Waals surface area contributed by atoms with Gasteiger partial charge in [-0.1, -0.05) is 0 Å². The lowest BCUT2D eigenvalue weighted by molar-refractivity contribution is -0.920. The Hall–Kier alpha value is -1.40. The van der Waals surface area contributed by atoms with Crippen LogP contribution in [0.15, 0.2) is 0 Å². The number of nitrogens with one attached hydrogen (secondary N) is 2. The minimum atomic E-state index is -0.418. The number of likely N-dealkylation sites (tertiary alicyclic amines) is 1. The number of anilines is 1. The summed E-state index contributed by atoms with van der Waals surface area (Å²) in [5.74, 6) is -0.423. The monoisotopic (exact) mass is 336 g/mol. The summed E-state index contributed by atoms with van der Waals surface area (Å²) in [6.45, 7) is 3.74. The van der Waals surface area contributed by atoms with Crippen molar-refractivity contribution in [1.82, 2.24) is 0 Å². The molecule has 126 valence electrons. The van der Waals surface area contributed by atoms with E-state index in [1.807, 2.05) is 0 Å². The molecular weight excluding hydrogens is 310 g/mol. The molecule has 1 aliphatic carbocycles. The number of aryl methyl sites for hydroxylation is 1. The number of carbonyl (C=O) groups excluding carboxylic acids is 2. The first kappa shape index (κ1) is 16.5. The number of thiophene rings is 1. The highest BCUT2D eigenvalue weighted by atomic mass is 32.1. The van der Waals surface area contributed by atoms with E-state index >= 15 is 0 Å². The van der Waals surface area contributed by atoms with Crippen molar-refractivity contribution in [2.75, 3.05) is 18.4 Å². The fraction of sp³-hybridized carbons (Fsp3) is 0.647. The molecule has 3 rings (SSSR count). The van der Waals surface area contributed by atoms with E-state index in [2.05, 4.69) is 12.2 Å². The van der Waals surface area contributed by atoms with Crippen LogP contribution in [0.1, 0.15) is 59.8 Å². The third kappa shape index (κ3) is 3.58. The molecule has 4 N–H and O–H groups in total. The molecule has 23 heavy (non-hydrogen) atoms. The van der Waals surface area contributed by atoms with Gasteiger partial charge in [-0.25, -0.2) is 0 Å². The highest BCUT2D eigenvalue weighted by Crippen LogP contribution is 2.37. The molecule has 1 aliphatic heterocycles. The molecule has 2 amide bonds. The molecule has 1 aromatic rings. The maximum absolute atomic E-state index is 12.4. The lowest BCUT2D eigenvalue weighted by Crippen LogP contribution is -3.17. The molecule has 0 bridgehead atoms. The molecule has 0 radical (unpaired) electrons. The number of piperidine rings is 1. The number of quaternary nitrogens is 1. The number of amides is 2. The molecule has 2 heterocycles. The Balaban J connectivity index is 1.73. The molecule has 1 saturated heterocycles. The van der Waals surface area contributed by atoms with Crippen LogP contribution in [0.4, 0.5) is 5.00 Å². The van der Waals surface area contributed by atoms with E-state index in [0.29, 0.717) is 23.2 Å². The fourth-order valence-corrected chi connectivity index (χ4v) is 5.12. The summed E-state index contributed by atoms with van der Waals surface area (Å²) in [7, 11) is 0. The summed E-state index contributed by atoms with van der Waals surface area (Å²) in [5, 5.41) is 3.64. The Morgan fingerprint density at radius 1 is 1.26 bits per heavy atom. The third-order valence-electron chi connectivity index (χ3n) is 5.14. The maximum Gasteiger partial charge on any atom is 0.280 e. The number of hydrogen-bond acceptors (Lipinski definition) is 3. The second-order valence-corrected chi connectivity index (χ2v) is 7.91. The predicted molar refractivity (Wildman–Crippen MR) is 92.1 cm³/mol. The lowest BCUT2D eigenvalue weighted by atomic mass is 9.95. The maximum atomic E-state index is 12.4. The lowest BCUT2D eigenvalue weighted by Gasteiger charge is -2.29. The van der Waals surface area contributed by atoms with Gasteiger partial charge in [0.1, 0.15) is 5.00 Å². The largest absolute Gasteiger partial charge is 0.365 e. The van der Waals surface area contributed by atoms with Gasteiger partial charge >= 0.3 is 0 Å². The summed E-state index contributed by atoms with van der Waals surface area (Å²) in [6.07, 6.45) is 7.76. The molecule has 2 aliphatic rings. The molecule has 1 unspecified atom stereocenters. The van der Waals surface area contributed by atoms with Crippen molar-refractivity contribution in [3.63, 3.8) is 0 Å². The van der Waals surface area contributed by atoms with E-state index in [1.165, 1.54) is 40.4 Å². The number of fused-ring (bicyclic) bond motifs is 1. The second kappa shape index (κ2) is 7.01. The van der Waals surface area contributed by atoms with Gasteiger partial charge in [-0.2, -0.15) is 0 Å². The van der Waals surface area contributed by atoms with Crippen LogP contribution in [0.25, 0.3) is 0 Å². The molecule has 0 saturated carbocycles. The van der Waals surface area contributed by atoms with Crippen LogP contribution in [0.5, 0.6) is 0 Å². The molecule has 1 fully saturated rings. The van der Waals surface area contributed by atoms with Crippen LogP contribution in [0.2, 0.25) is 0 Å². The van der Waals surface area contributed by atoms with Gasteiger partial charge in [0.05, 0.1) is 18.2 Å². The molecule has 5 nitrogen and oxygen atoms in total. The zero-order chi connectivity index (χ0) is 16.4. The molecule has 0 aromatic carbocycles. The first-order chi connectivity index (χ1) is 11.1. The van der Waals surface area contributed by atoms with E-state index in [1.54, 1.807) is 0 Å². The van der Waals surface area contributed by atoms with Crippen molar-refractivity contribution in [2.24, 2.45) is 5.73 Å². The summed E-state index contributed by atoms with van der Waals surface area (Å²) in [4.78, 5) is 26.9. The van der Waals surface area contributed by atoms with Gasteiger partial charge in [0, 0.05) is 4.88 Å². The van der Waals surface area contributed by atoms with Crippen LogP contribution in [-0.2, 0) is 17.6 Å². The number of primary amides is 1. The normalized spacial score (nSPS) is 24.0. The van der Waals surface area contributed by atoms with Crippen molar-refractivity contribution in [2.45, 2.75) is 57.9 Å². The Bertz CT molecular complexity index is 611. The topological polar surface area (TPSA) is 76.6 Å². The number of carbonyl (C=O) groups is 2. The summed E-state index contributed by atoms with van der Waals surface area (Å²) < 4.78 is 0. The zero-order valence-corrected chi connectivity index (χ0v) is 14.6. The second-order valence-electron chi connectivity index (χ2n) is 6.81. The van der Waals surface area contributed by atoms with Gasteiger partial charge in [-0.15, -0.1) is 11.3 Å². The number of hydrogen-bond donors (Lipinski definition) is 3. The van der Waals surface area contributed by atoms with Crippen molar-refractivity contribution in [3.05, 3.63) is 16.0 Å².